The van der Waals surface area contributed by atoms with Crippen molar-refractivity contribution in [3.8, 4) is 0 Å². The maximum atomic E-state index is 12.2. The van der Waals surface area contributed by atoms with Gasteiger partial charge < -0.3 is 9.73 Å². The summed E-state index contributed by atoms with van der Waals surface area (Å²) in [6, 6.07) is 8.86. The van der Waals surface area contributed by atoms with Gasteiger partial charge in [-0.25, -0.2) is 0 Å². The Balaban J connectivity index is 1.43. The lowest BCUT2D eigenvalue weighted by molar-refractivity contribution is 0.0934. The van der Waals surface area contributed by atoms with E-state index in [1.165, 1.54) is 0 Å². The summed E-state index contributed by atoms with van der Waals surface area (Å²) in [4.78, 5) is 14.6. The number of likely N-dealkylation sites (tertiary alicyclic amines) is 1. The predicted octanol–water partition coefficient (Wildman–Crippen LogP) is 4.23. The first-order valence-corrected chi connectivity index (χ1v) is 8.85. The van der Waals surface area contributed by atoms with Gasteiger partial charge in [0, 0.05) is 12.1 Å². The molecule has 0 saturated carbocycles. The lowest BCUT2D eigenvalue weighted by Gasteiger charge is -2.31. The van der Waals surface area contributed by atoms with E-state index in [4.69, 9.17) is 27.6 Å². The molecule has 6 heteroatoms. The predicted molar refractivity (Wildman–Crippen MR) is 95.5 cm³/mol. The summed E-state index contributed by atoms with van der Waals surface area (Å²) in [5.41, 5.74) is 0.541. The van der Waals surface area contributed by atoms with Crippen LogP contribution in [0, 0.1) is 5.92 Å². The summed E-state index contributed by atoms with van der Waals surface area (Å²) in [5.74, 6) is 1.40. The van der Waals surface area contributed by atoms with Crippen LogP contribution >= 0.6 is 23.2 Å². The van der Waals surface area contributed by atoms with Crippen LogP contribution in [-0.2, 0) is 6.54 Å². The summed E-state index contributed by atoms with van der Waals surface area (Å²) < 4.78 is 5.39. The SMILES string of the molecule is O=C(NCC1CCN(Cc2ccco2)CC1)c1ccc(Cl)c(Cl)c1. The van der Waals surface area contributed by atoms with Gasteiger partial charge in [0.15, 0.2) is 0 Å². The third kappa shape index (κ3) is 4.53. The highest BCUT2D eigenvalue weighted by atomic mass is 35.5. The number of nitrogens with one attached hydrogen (secondary N) is 1. The van der Waals surface area contributed by atoms with Crippen LogP contribution in [0.5, 0.6) is 0 Å². The van der Waals surface area contributed by atoms with E-state index in [2.05, 4.69) is 10.2 Å². The molecule has 0 atom stereocenters. The third-order valence-corrected chi connectivity index (χ3v) is 5.14. The van der Waals surface area contributed by atoms with Crippen molar-refractivity contribution in [1.29, 1.82) is 0 Å². The lowest BCUT2D eigenvalue weighted by atomic mass is 9.96. The zero-order chi connectivity index (χ0) is 16.9. The van der Waals surface area contributed by atoms with E-state index in [1.807, 2.05) is 12.1 Å². The Kier molecular flexibility index (Phi) is 5.82. The van der Waals surface area contributed by atoms with E-state index in [-0.39, 0.29) is 5.91 Å². The third-order valence-electron chi connectivity index (χ3n) is 4.40. The van der Waals surface area contributed by atoms with Gasteiger partial charge in [0.05, 0.1) is 22.9 Å². The number of benzene rings is 1. The Morgan fingerprint density at radius 2 is 2.00 bits per heavy atom. The van der Waals surface area contributed by atoms with Crippen LogP contribution in [-0.4, -0.2) is 30.4 Å². The van der Waals surface area contributed by atoms with Gasteiger partial charge in [-0.15, -0.1) is 0 Å². The molecule has 2 heterocycles. The topological polar surface area (TPSA) is 45.5 Å². The highest BCUT2D eigenvalue weighted by molar-refractivity contribution is 6.42. The second-order valence-electron chi connectivity index (χ2n) is 6.14. The molecule has 0 radical (unpaired) electrons. The number of rotatable bonds is 5. The van der Waals surface area contributed by atoms with Gasteiger partial charge in [0.25, 0.3) is 5.91 Å². The second kappa shape index (κ2) is 8.06. The summed E-state index contributed by atoms with van der Waals surface area (Å²) >= 11 is 11.8. The molecule has 0 aliphatic carbocycles. The molecule has 1 aliphatic heterocycles. The van der Waals surface area contributed by atoms with Crippen LogP contribution in [0.4, 0.5) is 0 Å². The van der Waals surface area contributed by atoms with Crippen LogP contribution in [0.25, 0.3) is 0 Å². The molecule has 0 spiro atoms. The first-order chi connectivity index (χ1) is 11.6. The maximum Gasteiger partial charge on any atom is 0.251 e. The Morgan fingerprint density at radius 1 is 1.21 bits per heavy atom. The highest BCUT2D eigenvalue weighted by Crippen LogP contribution is 2.23. The fourth-order valence-electron chi connectivity index (χ4n) is 2.95. The molecular formula is C18H20Cl2N2O2. The number of amides is 1. The molecule has 1 saturated heterocycles. The van der Waals surface area contributed by atoms with Crippen molar-refractivity contribution in [3.63, 3.8) is 0 Å². The van der Waals surface area contributed by atoms with Crippen molar-refractivity contribution in [2.75, 3.05) is 19.6 Å². The molecular weight excluding hydrogens is 347 g/mol. The summed E-state index contributed by atoms with van der Waals surface area (Å²) in [5, 5.41) is 3.85. The number of hydrogen-bond donors (Lipinski definition) is 1. The first-order valence-electron chi connectivity index (χ1n) is 8.10. The van der Waals surface area contributed by atoms with Gasteiger partial charge in [-0.1, -0.05) is 23.2 Å². The second-order valence-corrected chi connectivity index (χ2v) is 6.95. The van der Waals surface area contributed by atoms with Crippen molar-refractivity contribution >= 4 is 29.1 Å². The fraction of sp³-hybridized carbons (Fsp3) is 0.389. The smallest absolute Gasteiger partial charge is 0.251 e. The molecule has 128 valence electrons. The van der Waals surface area contributed by atoms with E-state index < -0.39 is 0 Å². The molecule has 1 aromatic heterocycles. The van der Waals surface area contributed by atoms with E-state index in [0.717, 1.165) is 38.2 Å². The monoisotopic (exact) mass is 366 g/mol. The van der Waals surface area contributed by atoms with Crippen molar-refractivity contribution < 1.29 is 9.21 Å². The van der Waals surface area contributed by atoms with Crippen molar-refractivity contribution in [3.05, 3.63) is 58.0 Å². The van der Waals surface area contributed by atoms with Crippen molar-refractivity contribution in [1.82, 2.24) is 10.2 Å². The van der Waals surface area contributed by atoms with Crippen molar-refractivity contribution in [2.24, 2.45) is 5.92 Å². The number of hydrogen-bond acceptors (Lipinski definition) is 3. The number of piperidine rings is 1. The molecule has 2 aromatic rings. The van der Waals surface area contributed by atoms with Gasteiger partial charge in [-0.3, -0.25) is 9.69 Å². The van der Waals surface area contributed by atoms with Crippen LogP contribution in [0.2, 0.25) is 10.0 Å². The minimum absolute atomic E-state index is 0.105. The zero-order valence-corrected chi connectivity index (χ0v) is 14.8. The Morgan fingerprint density at radius 3 is 2.67 bits per heavy atom. The summed E-state index contributed by atoms with van der Waals surface area (Å²) in [6.45, 7) is 3.59. The van der Waals surface area contributed by atoms with Crippen LogP contribution in [0.1, 0.15) is 29.0 Å². The number of nitrogens with zero attached hydrogens (tertiary/aromatic N) is 1. The van der Waals surface area contributed by atoms with Gasteiger partial charge in [0.1, 0.15) is 5.76 Å². The molecule has 1 aromatic carbocycles. The number of furan rings is 1. The summed E-state index contributed by atoms with van der Waals surface area (Å²) in [7, 11) is 0. The molecule has 1 amide bonds. The number of halogens is 2. The normalized spacial score (nSPS) is 16.2. The minimum Gasteiger partial charge on any atom is -0.468 e. The Labute approximate surface area is 151 Å². The molecule has 1 aliphatic rings. The average Bonchev–Trinajstić information content (AvgIpc) is 3.09. The van der Waals surface area contributed by atoms with Crippen molar-refractivity contribution in [2.45, 2.75) is 19.4 Å². The number of carbonyl (C=O) groups is 1. The van der Waals surface area contributed by atoms with Gasteiger partial charge in [-0.2, -0.15) is 0 Å². The fourth-order valence-corrected chi connectivity index (χ4v) is 3.25. The van der Waals surface area contributed by atoms with E-state index in [9.17, 15) is 4.79 Å². The lowest BCUT2D eigenvalue weighted by Crippen LogP contribution is -2.38. The largest absolute Gasteiger partial charge is 0.468 e. The molecule has 1 N–H and O–H groups in total. The van der Waals surface area contributed by atoms with Crippen LogP contribution < -0.4 is 5.32 Å². The van der Waals surface area contributed by atoms with Crippen LogP contribution in [0.3, 0.4) is 0 Å². The molecule has 0 unspecified atom stereocenters. The quantitative estimate of drug-likeness (QED) is 0.860. The standard InChI is InChI=1S/C18H20Cl2N2O2/c19-16-4-3-14(10-17(16)20)18(23)21-11-13-5-7-22(8-6-13)12-15-2-1-9-24-15/h1-4,9-10,13H,5-8,11-12H2,(H,21,23). The summed E-state index contributed by atoms with van der Waals surface area (Å²) in [6.07, 6.45) is 3.85. The van der Waals surface area contributed by atoms with Crippen LogP contribution in [0.15, 0.2) is 41.0 Å². The molecule has 4 nitrogen and oxygen atoms in total. The van der Waals surface area contributed by atoms with E-state index >= 15 is 0 Å². The molecule has 3 rings (SSSR count). The van der Waals surface area contributed by atoms with E-state index in [0.29, 0.717) is 28.1 Å². The van der Waals surface area contributed by atoms with E-state index in [1.54, 1.807) is 24.5 Å². The zero-order valence-electron chi connectivity index (χ0n) is 13.3. The first kappa shape index (κ1) is 17.3. The van der Waals surface area contributed by atoms with Gasteiger partial charge in [-0.05, 0) is 62.2 Å². The minimum atomic E-state index is -0.105. The van der Waals surface area contributed by atoms with Gasteiger partial charge >= 0.3 is 0 Å². The molecule has 1 fully saturated rings. The van der Waals surface area contributed by atoms with Gasteiger partial charge in [0.2, 0.25) is 0 Å². The Bertz CT molecular complexity index is 680. The molecule has 24 heavy (non-hydrogen) atoms. The highest BCUT2D eigenvalue weighted by Gasteiger charge is 2.20. The maximum absolute atomic E-state index is 12.2. The molecule has 0 bridgehead atoms. The number of carbonyl (C=O) groups excluding carboxylic acids is 1. The average molecular weight is 367 g/mol. The Hall–Kier alpha value is -1.49.